The minimum Gasteiger partial charge on any atom is -0.443 e. The van der Waals surface area contributed by atoms with Gasteiger partial charge in [0.1, 0.15) is 11.4 Å². The number of carbonyl (C=O) groups excluding carboxylic acids is 2. The number of hydrogen-bond acceptors (Lipinski definition) is 7. The minimum atomic E-state index is -0.715. The first-order valence-corrected chi connectivity index (χ1v) is 12.8. The van der Waals surface area contributed by atoms with E-state index in [2.05, 4.69) is 15.2 Å². The van der Waals surface area contributed by atoms with Gasteiger partial charge in [0.25, 0.3) is 0 Å². The minimum absolute atomic E-state index is 0.236. The lowest BCUT2D eigenvalue weighted by molar-refractivity contribution is -0.114. The van der Waals surface area contributed by atoms with Crippen molar-refractivity contribution in [2.75, 3.05) is 23.3 Å². The Bertz CT molecular complexity index is 1510. The third kappa shape index (κ3) is 5.09. The molecule has 4 aromatic heterocycles. The molecule has 9 nitrogen and oxygen atoms in total. The van der Waals surface area contributed by atoms with E-state index in [9.17, 15) is 9.59 Å². The Morgan fingerprint density at radius 1 is 1.00 bits per heavy atom. The standard InChI is InChI=1S/C29H32N6O3/c1-18-8-9-22(31-16-18)25-26-23(15-21(17-32-26)34-12-6-7-13-34)35(28(37)38-29(3,4)5)27(25)20-10-11-30-24(14-20)33-19(2)36/h8-11,14-17H,6-7,12-13H2,1-5H3,(H,30,33,36). The first-order chi connectivity index (χ1) is 18.1. The Balaban J connectivity index is 1.84. The zero-order valence-corrected chi connectivity index (χ0v) is 22.4. The summed E-state index contributed by atoms with van der Waals surface area (Å²) in [7, 11) is 0. The van der Waals surface area contributed by atoms with Crippen LogP contribution in [0.5, 0.6) is 0 Å². The summed E-state index contributed by atoms with van der Waals surface area (Å²) in [5.41, 5.74) is 5.17. The average Bonchev–Trinajstić information content (AvgIpc) is 3.49. The molecule has 38 heavy (non-hydrogen) atoms. The maximum atomic E-state index is 13.9. The van der Waals surface area contributed by atoms with Crippen molar-refractivity contribution < 1.29 is 14.3 Å². The molecule has 196 valence electrons. The monoisotopic (exact) mass is 512 g/mol. The van der Waals surface area contributed by atoms with Crippen LogP contribution < -0.4 is 10.2 Å². The highest BCUT2D eigenvalue weighted by molar-refractivity contribution is 6.07. The van der Waals surface area contributed by atoms with Gasteiger partial charge in [-0.1, -0.05) is 6.07 Å². The molecule has 0 radical (unpaired) electrons. The van der Waals surface area contributed by atoms with Gasteiger partial charge >= 0.3 is 6.09 Å². The Hall–Kier alpha value is -4.27. The van der Waals surface area contributed by atoms with Crippen molar-refractivity contribution in [1.29, 1.82) is 0 Å². The van der Waals surface area contributed by atoms with Crippen LogP contribution in [-0.2, 0) is 9.53 Å². The van der Waals surface area contributed by atoms with Crippen LogP contribution in [0.2, 0.25) is 0 Å². The Kier molecular flexibility index (Phi) is 6.60. The van der Waals surface area contributed by atoms with Gasteiger partial charge in [-0.25, -0.2) is 14.3 Å². The number of ether oxygens (including phenoxy) is 1. The summed E-state index contributed by atoms with van der Waals surface area (Å²) in [6, 6.07) is 9.47. The van der Waals surface area contributed by atoms with E-state index in [0.29, 0.717) is 39.4 Å². The van der Waals surface area contributed by atoms with Crippen LogP contribution in [0.1, 0.15) is 46.1 Å². The number of rotatable bonds is 4. The number of carbonyl (C=O) groups is 2. The smallest absolute Gasteiger partial charge is 0.419 e. The van der Waals surface area contributed by atoms with E-state index in [4.69, 9.17) is 14.7 Å². The topological polar surface area (TPSA) is 102 Å². The van der Waals surface area contributed by atoms with Crippen LogP contribution in [0.4, 0.5) is 16.3 Å². The predicted molar refractivity (Wildman–Crippen MR) is 148 cm³/mol. The second-order valence-corrected chi connectivity index (χ2v) is 10.6. The molecule has 1 amide bonds. The molecule has 0 unspecified atom stereocenters. The zero-order chi connectivity index (χ0) is 27.0. The second-order valence-electron chi connectivity index (χ2n) is 10.6. The number of hydrogen-bond donors (Lipinski definition) is 1. The van der Waals surface area contributed by atoms with Gasteiger partial charge in [0, 0.05) is 38.0 Å². The van der Waals surface area contributed by atoms with Gasteiger partial charge in [-0.3, -0.25) is 14.8 Å². The lowest BCUT2D eigenvalue weighted by Crippen LogP contribution is -2.27. The maximum absolute atomic E-state index is 13.9. The molecular weight excluding hydrogens is 480 g/mol. The fraction of sp³-hybridized carbons (Fsp3) is 0.345. The van der Waals surface area contributed by atoms with E-state index in [-0.39, 0.29) is 5.91 Å². The number of aromatic nitrogens is 4. The third-order valence-corrected chi connectivity index (χ3v) is 6.34. The van der Waals surface area contributed by atoms with Gasteiger partial charge in [-0.15, -0.1) is 0 Å². The van der Waals surface area contributed by atoms with Crippen LogP contribution >= 0.6 is 0 Å². The molecule has 0 aromatic carbocycles. The van der Waals surface area contributed by atoms with Crippen LogP contribution in [0.25, 0.3) is 33.5 Å². The number of anilines is 2. The highest BCUT2D eigenvalue weighted by atomic mass is 16.6. The molecule has 5 heterocycles. The Morgan fingerprint density at radius 3 is 2.42 bits per heavy atom. The third-order valence-electron chi connectivity index (χ3n) is 6.34. The molecule has 5 rings (SSSR count). The summed E-state index contributed by atoms with van der Waals surface area (Å²) >= 11 is 0. The summed E-state index contributed by atoms with van der Waals surface area (Å²) in [4.78, 5) is 41.8. The van der Waals surface area contributed by atoms with Crippen molar-refractivity contribution >= 4 is 34.5 Å². The van der Waals surface area contributed by atoms with Crippen molar-refractivity contribution in [2.45, 2.75) is 53.1 Å². The van der Waals surface area contributed by atoms with Crippen LogP contribution in [0.15, 0.2) is 48.9 Å². The molecule has 0 saturated carbocycles. The van der Waals surface area contributed by atoms with Crippen molar-refractivity contribution in [2.24, 2.45) is 0 Å². The highest BCUT2D eigenvalue weighted by Gasteiger charge is 2.29. The largest absolute Gasteiger partial charge is 0.443 e. The summed E-state index contributed by atoms with van der Waals surface area (Å²) < 4.78 is 7.48. The molecule has 0 spiro atoms. The van der Waals surface area contributed by atoms with Gasteiger partial charge < -0.3 is 15.0 Å². The molecule has 1 N–H and O–H groups in total. The number of nitrogens with one attached hydrogen (secondary N) is 1. The molecule has 4 aromatic rings. The molecule has 1 saturated heterocycles. The van der Waals surface area contributed by atoms with E-state index < -0.39 is 11.7 Å². The molecule has 1 aliphatic heterocycles. The number of amides is 1. The van der Waals surface area contributed by atoms with Crippen LogP contribution in [-0.4, -0.2) is 50.2 Å². The van der Waals surface area contributed by atoms with Crippen molar-refractivity contribution in [1.82, 2.24) is 19.5 Å². The molecule has 0 bridgehead atoms. The van der Waals surface area contributed by atoms with E-state index in [1.807, 2.05) is 52.1 Å². The average molecular weight is 513 g/mol. The van der Waals surface area contributed by atoms with Gasteiger partial charge in [-0.2, -0.15) is 0 Å². The molecule has 0 atom stereocenters. The van der Waals surface area contributed by atoms with Gasteiger partial charge in [-0.05, 0) is 70.4 Å². The van der Waals surface area contributed by atoms with Gasteiger partial charge in [0.15, 0.2) is 0 Å². The highest BCUT2D eigenvalue weighted by Crippen LogP contribution is 2.41. The van der Waals surface area contributed by atoms with E-state index in [1.165, 1.54) is 6.92 Å². The molecule has 1 aliphatic rings. The fourth-order valence-corrected chi connectivity index (χ4v) is 4.75. The summed E-state index contributed by atoms with van der Waals surface area (Å²) in [6.45, 7) is 10.8. The normalized spacial score (nSPS) is 13.7. The second kappa shape index (κ2) is 9.89. The lowest BCUT2D eigenvalue weighted by Gasteiger charge is -2.22. The molecule has 0 aliphatic carbocycles. The van der Waals surface area contributed by atoms with Gasteiger partial charge in [0.2, 0.25) is 5.91 Å². The Labute approximate surface area is 221 Å². The summed E-state index contributed by atoms with van der Waals surface area (Å²) in [5.74, 6) is 0.143. The number of aryl methyl sites for hydroxylation is 1. The Morgan fingerprint density at radius 2 is 1.76 bits per heavy atom. The van der Waals surface area contributed by atoms with E-state index in [1.54, 1.807) is 29.1 Å². The SMILES string of the molecule is CC(=O)Nc1cc(-c2c(-c3ccc(C)cn3)c3ncc(N4CCCC4)cc3n2C(=O)OC(C)(C)C)ccn1. The predicted octanol–water partition coefficient (Wildman–Crippen LogP) is 5.81. The maximum Gasteiger partial charge on any atom is 0.419 e. The number of fused-ring (bicyclic) bond motifs is 1. The first-order valence-electron chi connectivity index (χ1n) is 12.8. The quantitative estimate of drug-likeness (QED) is 0.368. The van der Waals surface area contributed by atoms with Crippen molar-refractivity contribution in [3.8, 4) is 22.5 Å². The number of nitrogens with zero attached hydrogens (tertiary/aromatic N) is 5. The number of pyridine rings is 3. The summed E-state index contributed by atoms with van der Waals surface area (Å²) in [5, 5.41) is 2.74. The van der Waals surface area contributed by atoms with Crippen molar-refractivity contribution in [3.63, 3.8) is 0 Å². The van der Waals surface area contributed by atoms with Crippen molar-refractivity contribution in [3.05, 3.63) is 54.5 Å². The van der Waals surface area contributed by atoms with E-state index in [0.717, 1.165) is 37.2 Å². The molecular formula is C29H32N6O3. The molecule has 9 heteroatoms. The first kappa shape index (κ1) is 25.4. The summed E-state index contributed by atoms with van der Waals surface area (Å²) in [6.07, 6.45) is 6.99. The lowest BCUT2D eigenvalue weighted by atomic mass is 10.0. The van der Waals surface area contributed by atoms with Crippen LogP contribution in [0.3, 0.4) is 0 Å². The van der Waals surface area contributed by atoms with Gasteiger partial charge in [0.05, 0.1) is 39.9 Å². The fourth-order valence-electron chi connectivity index (χ4n) is 4.75. The van der Waals surface area contributed by atoms with E-state index >= 15 is 0 Å². The zero-order valence-electron chi connectivity index (χ0n) is 22.4. The molecule has 1 fully saturated rings. The van der Waals surface area contributed by atoms with Crippen LogP contribution in [0, 0.1) is 6.92 Å².